The smallest absolute Gasteiger partial charge is 0.462 e. The lowest BCUT2D eigenvalue weighted by Gasteiger charge is -2.24. The van der Waals surface area contributed by atoms with Gasteiger partial charge in [0, 0.05) is 12.8 Å². The second kappa shape index (κ2) is 50.1. The maximum Gasteiger partial charge on any atom is 0.472 e. The van der Waals surface area contributed by atoms with Gasteiger partial charge in [-0.1, -0.05) is 192 Å². The van der Waals surface area contributed by atoms with Crippen LogP contribution in [0, 0.1) is 0 Å². The summed E-state index contributed by atoms with van der Waals surface area (Å²) < 4.78 is 34.5. The second-order valence-corrected chi connectivity index (χ2v) is 19.9. The molecular weight excluding hydrogens is 894 g/mol. The number of nitrogens with zero attached hydrogens (tertiary/aromatic N) is 1. The summed E-state index contributed by atoms with van der Waals surface area (Å²) in [7, 11) is 1.43. The number of rotatable bonds is 47. The fourth-order valence-corrected chi connectivity index (χ4v) is 7.31. The molecule has 0 aliphatic rings. The van der Waals surface area contributed by atoms with Gasteiger partial charge in [-0.25, -0.2) is 4.57 Å². The molecule has 0 rings (SSSR count). The average molecular weight is 993 g/mol. The van der Waals surface area contributed by atoms with Crippen LogP contribution >= 0.6 is 7.82 Å². The number of hydrogen-bond acceptors (Lipinski definition) is 7. The van der Waals surface area contributed by atoms with Crippen LogP contribution in [-0.2, 0) is 32.7 Å². The van der Waals surface area contributed by atoms with Gasteiger partial charge >= 0.3 is 19.8 Å². The zero-order chi connectivity index (χ0) is 51.3. The predicted molar refractivity (Wildman–Crippen MR) is 297 cm³/mol. The van der Waals surface area contributed by atoms with Gasteiger partial charge in [-0.05, 0) is 109 Å². The number of ether oxygens (including phenoxy) is 2. The number of carbonyl (C=O) groups excluding carboxylic acids is 2. The number of phosphoric ester groups is 1. The van der Waals surface area contributed by atoms with Gasteiger partial charge in [0.05, 0.1) is 27.7 Å². The van der Waals surface area contributed by atoms with Gasteiger partial charge in [0.15, 0.2) is 6.10 Å². The highest BCUT2D eigenvalue weighted by molar-refractivity contribution is 7.47. The van der Waals surface area contributed by atoms with Gasteiger partial charge in [0.25, 0.3) is 0 Å². The van der Waals surface area contributed by atoms with Crippen molar-refractivity contribution in [2.75, 3.05) is 47.5 Å². The first-order valence-corrected chi connectivity index (χ1v) is 28.4. The summed E-state index contributed by atoms with van der Waals surface area (Å²) in [6, 6.07) is 0. The number of likely N-dealkylation sites (N-methyl/N-ethyl adjacent to an activating group) is 1. The number of quaternary nitrogens is 1. The summed E-state index contributed by atoms with van der Waals surface area (Å²) in [6.07, 6.45) is 72.2. The lowest BCUT2D eigenvalue weighted by molar-refractivity contribution is -0.870. The van der Waals surface area contributed by atoms with Crippen molar-refractivity contribution in [2.24, 2.45) is 0 Å². The van der Waals surface area contributed by atoms with E-state index in [0.29, 0.717) is 23.9 Å². The van der Waals surface area contributed by atoms with E-state index < -0.39 is 32.5 Å². The van der Waals surface area contributed by atoms with E-state index >= 15 is 0 Å². The van der Waals surface area contributed by atoms with Gasteiger partial charge in [-0.3, -0.25) is 18.6 Å². The number of hydrogen-bond donors (Lipinski definition) is 1. The molecule has 70 heavy (non-hydrogen) atoms. The Balaban J connectivity index is 4.35. The van der Waals surface area contributed by atoms with Gasteiger partial charge < -0.3 is 18.9 Å². The normalized spacial score (nSPS) is 14.4. The van der Waals surface area contributed by atoms with Crippen molar-refractivity contribution in [3.63, 3.8) is 0 Å². The van der Waals surface area contributed by atoms with E-state index in [-0.39, 0.29) is 26.1 Å². The fraction of sp³-hybridized carbons (Fsp3) is 0.600. The molecule has 0 bridgehead atoms. The first kappa shape index (κ1) is 66.2. The van der Waals surface area contributed by atoms with E-state index in [1.165, 1.54) is 19.3 Å². The van der Waals surface area contributed by atoms with E-state index in [1.54, 1.807) is 0 Å². The summed E-state index contributed by atoms with van der Waals surface area (Å²) in [6.45, 7) is 4.13. The van der Waals surface area contributed by atoms with Crippen LogP contribution in [0.5, 0.6) is 0 Å². The van der Waals surface area contributed by atoms with Gasteiger partial charge in [0.1, 0.15) is 19.8 Å². The Kier molecular flexibility index (Phi) is 47.3. The molecule has 9 nitrogen and oxygen atoms in total. The Bertz CT molecular complexity index is 1640. The van der Waals surface area contributed by atoms with E-state index in [1.807, 2.05) is 21.1 Å². The molecule has 2 unspecified atom stereocenters. The van der Waals surface area contributed by atoms with Crippen molar-refractivity contribution in [3.8, 4) is 0 Å². The summed E-state index contributed by atoms with van der Waals surface area (Å²) in [5.41, 5.74) is 0. The Morgan fingerprint density at radius 3 is 1.14 bits per heavy atom. The van der Waals surface area contributed by atoms with E-state index in [4.69, 9.17) is 18.5 Å². The zero-order valence-electron chi connectivity index (χ0n) is 44.7. The molecule has 10 heteroatoms. The van der Waals surface area contributed by atoms with Crippen LogP contribution in [0.2, 0.25) is 0 Å². The zero-order valence-corrected chi connectivity index (χ0v) is 45.6. The van der Waals surface area contributed by atoms with E-state index in [0.717, 1.165) is 122 Å². The van der Waals surface area contributed by atoms with Crippen molar-refractivity contribution < 1.29 is 42.1 Å². The molecule has 0 saturated carbocycles. The Labute approximate surface area is 428 Å². The van der Waals surface area contributed by atoms with Gasteiger partial charge in [0.2, 0.25) is 0 Å². The topological polar surface area (TPSA) is 108 Å². The fourth-order valence-electron chi connectivity index (χ4n) is 6.57. The summed E-state index contributed by atoms with van der Waals surface area (Å²) in [5, 5.41) is 0. The van der Waals surface area contributed by atoms with Crippen LogP contribution in [0.1, 0.15) is 181 Å². The minimum atomic E-state index is -4.41. The maximum atomic E-state index is 12.8. The molecule has 0 fully saturated rings. The summed E-state index contributed by atoms with van der Waals surface area (Å²) in [4.78, 5) is 35.6. The Hall–Kier alpha value is -3.85. The lowest BCUT2D eigenvalue weighted by Crippen LogP contribution is -2.37. The molecule has 0 saturated heterocycles. The Morgan fingerprint density at radius 2 is 0.771 bits per heavy atom. The van der Waals surface area contributed by atoms with Gasteiger partial charge in [-0.15, -0.1) is 0 Å². The molecule has 0 aliphatic heterocycles. The quantitative estimate of drug-likeness (QED) is 0.0211. The van der Waals surface area contributed by atoms with Crippen LogP contribution in [0.3, 0.4) is 0 Å². The molecule has 2 atom stereocenters. The molecule has 396 valence electrons. The van der Waals surface area contributed by atoms with Crippen LogP contribution in [-0.4, -0.2) is 74.9 Å². The molecule has 1 N–H and O–H groups in total. The number of carbonyl (C=O) groups is 2. The third kappa shape index (κ3) is 53.5. The van der Waals surface area contributed by atoms with Crippen LogP contribution in [0.15, 0.2) is 134 Å². The molecular formula is C60H99NO8P+. The first-order valence-electron chi connectivity index (χ1n) is 26.9. The van der Waals surface area contributed by atoms with E-state index in [2.05, 4.69) is 148 Å². The van der Waals surface area contributed by atoms with Crippen molar-refractivity contribution >= 4 is 19.8 Å². The van der Waals surface area contributed by atoms with Crippen LogP contribution in [0.4, 0.5) is 0 Å². The molecule has 0 spiro atoms. The molecule has 0 aromatic heterocycles. The van der Waals surface area contributed by atoms with Crippen LogP contribution < -0.4 is 0 Å². The number of unbranched alkanes of at least 4 members (excludes halogenated alkanes) is 11. The third-order valence-electron chi connectivity index (χ3n) is 10.7. The molecule has 0 amide bonds. The predicted octanol–water partition coefficient (Wildman–Crippen LogP) is 16.6. The summed E-state index contributed by atoms with van der Waals surface area (Å²) >= 11 is 0. The Morgan fingerprint density at radius 1 is 0.443 bits per heavy atom. The van der Waals surface area contributed by atoms with Gasteiger partial charge in [-0.2, -0.15) is 0 Å². The monoisotopic (exact) mass is 993 g/mol. The highest BCUT2D eigenvalue weighted by Crippen LogP contribution is 2.43. The van der Waals surface area contributed by atoms with Crippen molar-refractivity contribution in [1.82, 2.24) is 0 Å². The van der Waals surface area contributed by atoms with Crippen molar-refractivity contribution in [2.45, 2.75) is 187 Å². The summed E-state index contributed by atoms with van der Waals surface area (Å²) in [5.74, 6) is -0.852. The van der Waals surface area contributed by atoms with E-state index in [9.17, 15) is 19.0 Å². The molecule has 0 radical (unpaired) electrons. The minimum absolute atomic E-state index is 0.0158. The maximum absolute atomic E-state index is 12.8. The molecule has 0 aromatic carbocycles. The molecule has 0 heterocycles. The first-order chi connectivity index (χ1) is 34.0. The highest BCUT2D eigenvalue weighted by Gasteiger charge is 2.27. The molecule has 0 aromatic rings. The standard InChI is InChI=1S/C60H98NO8P/c1-6-8-10-12-14-16-18-20-22-24-26-28-30-32-34-36-38-40-42-44-46-48-50-52-59(62)66-56-58(57-68-70(64,65)67-55-54-61(3,4)5)69-60(63)53-51-49-47-45-43-41-39-37-35-33-31-29-27-25-23-21-19-17-15-13-11-9-7-2/h8-11,14-17,20-23,26-29,32-35,39,41,58H,6-7,12-13,18-19,24-25,30-31,36-38,40,42-57H2,1-5H3/p+1/b10-8-,11-9-,16-14-,17-15-,22-20-,23-21-,28-26-,29-27-,34-32-,35-33-,41-39-. The SMILES string of the molecule is CC/C=C\C/C=C\C/C=C\C/C=C\C/C=C\C/C=C\CCCCCCC(=O)OC(COC(=O)CCCCCCCCC/C=C\C/C=C\C/C=C\C/C=C\C/C=C\CC)COP(=O)(O)OCC[N+](C)(C)C. The second-order valence-electron chi connectivity index (χ2n) is 18.5. The minimum Gasteiger partial charge on any atom is -0.462 e. The number of esters is 2. The molecule has 0 aliphatic carbocycles. The van der Waals surface area contributed by atoms with Crippen molar-refractivity contribution in [1.29, 1.82) is 0 Å². The van der Waals surface area contributed by atoms with Crippen LogP contribution in [0.25, 0.3) is 0 Å². The highest BCUT2D eigenvalue weighted by atomic mass is 31.2. The average Bonchev–Trinajstić information content (AvgIpc) is 3.32. The van der Waals surface area contributed by atoms with Crippen molar-refractivity contribution in [3.05, 3.63) is 134 Å². The third-order valence-corrected chi connectivity index (χ3v) is 11.7. The largest absolute Gasteiger partial charge is 0.472 e. The number of phosphoric acid groups is 1. The lowest BCUT2D eigenvalue weighted by atomic mass is 10.1. The number of allylic oxidation sites excluding steroid dienone is 22.